The summed E-state index contributed by atoms with van der Waals surface area (Å²) in [7, 11) is -11.8. The van der Waals surface area contributed by atoms with Gasteiger partial charge in [-0.05, 0) is 58.4 Å². The largest absolute Gasteiger partial charge is 0.463 e. The Labute approximate surface area is 199 Å². The van der Waals surface area contributed by atoms with Crippen molar-refractivity contribution < 1.29 is 35.5 Å². The first kappa shape index (κ1) is 31.3. The second-order valence-corrected chi connectivity index (χ2v) is 27.3. The lowest BCUT2D eigenvalue weighted by atomic mass is 10.6. The van der Waals surface area contributed by atoms with Crippen LogP contribution in [0.25, 0.3) is 0 Å². The third-order valence-corrected chi connectivity index (χ3v) is 22.2. The molecule has 0 aromatic heterocycles. The molecule has 0 aliphatic carbocycles. The van der Waals surface area contributed by atoms with E-state index in [0.29, 0.717) is 0 Å². The van der Waals surface area contributed by atoms with E-state index < -0.39 is 55.0 Å². The van der Waals surface area contributed by atoms with E-state index in [2.05, 4.69) is 26.6 Å². The first-order chi connectivity index (χ1) is 14.5. The quantitative estimate of drug-likeness (QED) is 0.165. The minimum absolute atomic E-state index is 0.238. The Bertz CT molecular complexity index is 656. The molecule has 0 bridgehead atoms. The highest BCUT2D eigenvalue weighted by Gasteiger charge is 2.44. The maximum atomic E-state index is 11.4. The second kappa shape index (κ2) is 13.3. The highest BCUT2D eigenvalue weighted by atomic mass is 28.5. The van der Waals surface area contributed by atoms with E-state index in [1.54, 1.807) is 0 Å². The number of esters is 2. The topological polar surface area (TPSA) is 89.5 Å². The van der Waals surface area contributed by atoms with Crippen molar-refractivity contribution in [1.82, 2.24) is 0 Å². The van der Waals surface area contributed by atoms with E-state index in [1.165, 1.54) is 0 Å². The van der Waals surface area contributed by atoms with Crippen LogP contribution in [0.15, 0.2) is 25.3 Å². The van der Waals surface area contributed by atoms with Gasteiger partial charge in [0.1, 0.15) is 12.5 Å². The summed E-state index contributed by atoms with van der Waals surface area (Å²) in [4.78, 5) is 22.8. The second-order valence-electron chi connectivity index (χ2n) is 9.43. The lowest BCUT2D eigenvalue weighted by molar-refractivity contribution is -0.137. The molecule has 13 heteroatoms. The van der Waals surface area contributed by atoms with Crippen LogP contribution in [-0.2, 0) is 35.5 Å². The van der Waals surface area contributed by atoms with Gasteiger partial charge in [-0.3, -0.25) is 0 Å². The summed E-state index contributed by atoms with van der Waals surface area (Å²) in [6.45, 7) is 25.0. The SMILES string of the molecule is C=CC(=O)OC[Si](C)(C)O[SiH](C)O[Si](C)(CCC)O[Si](C)(C)O[Si](C)(C)COC(=O)C=C. The molecular formula is C19H42O8Si5. The highest BCUT2D eigenvalue weighted by molar-refractivity contribution is 6.88. The molecule has 0 heterocycles. The Balaban J connectivity index is 5.14. The molecule has 2 unspecified atom stereocenters. The van der Waals surface area contributed by atoms with Crippen LogP contribution in [-0.4, -0.2) is 67.4 Å². The van der Waals surface area contributed by atoms with E-state index in [-0.39, 0.29) is 12.5 Å². The van der Waals surface area contributed by atoms with Gasteiger partial charge in [-0.25, -0.2) is 9.59 Å². The van der Waals surface area contributed by atoms with Crippen LogP contribution in [0.3, 0.4) is 0 Å². The van der Waals surface area contributed by atoms with Crippen LogP contribution in [0, 0.1) is 0 Å². The average molecular weight is 539 g/mol. The summed E-state index contributed by atoms with van der Waals surface area (Å²) in [6.07, 6.45) is 3.71. The summed E-state index contributed by atoms with van der Waals surface area (Å²) >= 11 is 0. The van der Waals surface area contributed by atoms with E-state index in [0.717, 1.165) is 24.6 Å². The molecule has 0 radical (unpaired) electrons. The molecule has 0 aromatic carbocycles. The smallest absolute Gasteiger partial charge is 0.329 e. The molecule has 0 fully saturated rings. The highest BCUT2D eigenvalue weighted by Crippen LogP contribution is 2.26. The Hall–Kier alpha value is -0.656. The summed E-state index contributed by atoms with van der Waals surface area (Å²) in [5.74, 6) is -0.904. The minimum atomic E-state index is -2.58. The normalized spacial score (nSPS) is 15.4. The standard InChI is InChI=1S/C19H42O8Si5/c1-12-15-32(11,25-28(4)24-29(5,6)16-22-18(20)13-2)27-31(9,10)26-30(7,8)17-23-19(21)14-3/h13-14,28H,2-3,12,15-17H2,1,4-11H3. The zero-order valence-electron chi connectivity index (χ0n) is 21.2. The lowest BCUT2D eigenvalue weighted by Crippen LogP contribution is -2.58. The van der Waals surface area contributed by atoms with Gasteiger partial charge in [-0.1, -0.05) is 26.5 Å². The summed E-state index contributed by atoms with van der Waals surface area (Å²) in [6, 6.07) is 0.814. The van der Waals surface area contributed by atoms with Gasteiger partial charge in [0.25, 0.3) is 9.28 Å². The Morgan fingerprint density at radius 1 is 0.812 bits per heavy atom. The average Bonchev–Trinajstić information content (AvgIpc) is 2.61. The van der Waals surface area contributed by atoms with E-state index >= 15 is 0 Å². The van der Waals surface area contributed by atoms with Gasteiger partial charge < -0.3 is 25.9 Å². The van der Waals surface area contributed by atoms with Crippen LogP contribution in [0.4, 0.5) is 0 Å². The van der Waals surface area contributed by atoms with Crippen molar-refractivity contribution in [2.45, 2.75) is 71.8 Å². The Kier molecular flexibility index (Phi) is 13.0. The molecule has 0 aliphatic heterocycles. The maximum absolute atomic E-state index is 11.4. The summed E-state index contributed by atoms with van der Waals surface area (Å²) in [5.41, 5.74) is 0. The van der Waals surface area contributed by atoms with Gasteiger partial charge in [0.2, 0.25) is 16.6 Å². The van der Waals surface area contributed by atoms with Crippen molar-refractivity contribution in [2.75, 3.05) is 12.5 Å². The molecule has 0 saturated heterocycles. The first-order valence-electron chi connectivity index (χ1n) is 10.8. The molecular weight excluding hydrogens is 497 g/mol. The van der Waals surface area contributed by atoms with Gasteiger partial charge >= 0.3 is 29.1 Å². The molecule has 0 rings (SSSR count). The molecule has 0 saturated carbocycles. The van der Waals surface area contributed by atoms with Gasteiger partial charge in [0.05, 0.1) is 0 Å². The zero-order valence-corrected chi connectivity index (χ0v) is 26.4. The van der Waals surface area contributed by atoms with Gasteiger partial charge in [-0.15, -0.1) is 0 Å². The Morgan fingerprint density at radius 2 is 1.28 bits per heavy atom. The van der Waals surface area contributed by atoms with Crippen molar-refractivity contribution in [3.8, 4) is 0 Å². The van der Waals surface area contributed by atoms with Crippen molar-refractivity contribution in [3.63, 3.8) is 0 Å². The molecule has 2 atom stereocenters. The molecule has 0 spiro atoms. The number of carbonyl (C=O) groups excluding carboxylic acids is 2. The third-order valence-electron chi connectivity index (χ3n) is 4.05. The number of ether oxygens (including phenoxy) is 2. The molecule has 32 heavy (non-hydrogen) atoms. The van der Waals surface area contributed by atoms with Gasteiger partial charge in [-0.2, -0.15) is 0 Å². The number of hydrogen-bond donors (Lipinski definition) is 0. The van der Waals surface area contributed by atoms with Crippen molar-refractivity contribution in [1.29, 1.82) is 0 Å². The predicted octanol–water partition coefficient (Wildman–Crippen LogP) is 4.03. The maximum Gasteiger partial charge on any atom is 0.329 e. The first-order valence-corrected chi connectivity index (χ1v) is 24.5. The van der Waals surface area contributed by atoms with Crippen LogP contribution in [0.5, 0.6) is 0 Å². The molecule has 0 aromatic rings. The summed E-state index contributed by atoms with van der Waals surface area (Å²) in [5, 5.41) is 0. The molecule has 186 valence electrons. The van der Waals surface area contributed by atoms with Crippen LogP contribution >= 0.6 is 0 Å². The fraction of sp³-hybridized carbons (Fsp3) is 0.684. The predicted molar refractivity (Wildman–Crippen MR) is 139 cm³/mol. The van der Waals surface area contributed by atoms with E-state index in [4.69, 9.17) is 25.9 Å². The Morgan fingerprint density at radius 3 is 1.72 bits per heavy atom. The van der Waals surface area contributed by atoms with E-state index in [9.17, 15) is 9.59 Å². The molecule has 0 aliphatic rings. The molecule has 0 N–H and O–H groups in total. The van der Waals surface area contributed by atoms with Crippen molar-refractivity contribution >= 4 is 55.0 Å². The zero-order chi connectivity index (χ0) is 25.2. The number of rotatable bonds is 16. The minimum Gasteiger partial charge on any atom is -0.463 e. The number of carbonyl (C=O) groups is 2. The van der Waals surface area contributed by atoms with Gasteiger partial charge in [0.15, 0.2) is 0 Å². The van der Waals surface area contributed by atoms with E-state index in [1.807, 2.05) is 45.8 Å². The van der Waals surface area contributed by atoms with Crippen LogP contribution in [0.1, 0.15) is 13.3 Å². The molecule has 0 amide bonds. The fourth-order valence-electron chi connectivity index (χ4n) is 3.29. The van der Waals surface area contributed by atoms with Gasteiger partial charge in [0, 0.05) is 12.2 Å². The lowest BCUT2D eigenvalue weighted by Gasteiger charge is -2.40. The van der Waals surface area contributed by atoms with Crippen molar-refractivity contribution in [2.24, 2.45) is 0 Å². The summed E-state index contributed by atoms with van der Waals surface area (Å²) < 4.78 is 36.2. The number of hydrogen-bond acceptors (Lipinski definition) is 8. The molecule has 8 nitrogen and oxygen atoms in total. The third kappa shape index (κ3) is 13.8. The monoisotopic (exact) mass is 538 g/mol. The van der Waals surface area contributed by atoms with Crippen LogP contribution < -0.4 is 0 Å². The van der Waals surface area contributed by atoms with Crippen molar-refractivity contribution in [3.05, 3.63) is 25.3 Å². The fourth-order valence-corrected chi connectivity index (χ4v) is 24.2. The van der Waals surface area contributed by atoms with Crippen LogP contribution in [0.2, 0.25) is 58.4 Å².